The lowest BCUT2D eigenvalue weighted by molar-refractivity contribution is -0.184. The molecule has 5 heteroatoms. The summed E-state index contributed by atoms with van der Waals surface area (Å²) >= 11 is 6.81. The predicted molar refractivity (Wildman–Crippen MR) is 101 cm³/mol. The molecule has 3 aromatic carbocycles. The van der Waals surface area contributed by atoms with Gasteiger partial charge in [-0.15, -0.1) is 0 Å². The Bertz CT molecular complexity index is 1020. The Morgan fingerprint density at radius 3 is 2.46 bits per heavy atom. The van der Waals surface area contributed by atoms with Crippen molar-refractivity contribution in [3.8, 4) is 11.8 Å². The highest BCUT2D eigenvalue weighted by atomic mass is 35.5. The standard InChI is InChI=1S/C21H17ClN2O2/c1-25-21(24)20(22,13-23)18(15-8-3-2-4-9-15)17-12-11-14-7-5-6-10-16(14)19(17)26-21/h2-12,18H,24H2,1H3. The van der Waals surface area contributed by atoms with Gasteiger partial charge in [-0.25, -0.2) is 0 Å². The first kappa shape index (κ1) is 16.9. The van der Waals surface area contributed by atoms with Gasteiger partial charge in [0.1, 0.15) is 5.75 Å². The number of rotatable bonds is 2. The second-order valence-electron chi connectivity index (χ2n) is 6.35. The maximum atomic E-state index is 9.97. The molecule has 4 nitrogen and oxygen atoms in total. The molecule has 0 aliphatic carbocycles. The maximum absolute atomic E-state index is 9.97. The minimum atomic E-state index is -1.80. The third-order valence-corrected chi connectivity index (χ3v) is 5.54. The van der Waals surface area contributed by atoms with Gasteiger partial charge in [-0.05, 0) is 10.9 Å². The zero-order chi connectivity index (χ0) is 18.4. The van der Waals surface area contributed by atoms with Crippen LogP contribution < -0.4 is 10.5 Å². The Balaban J connectivity index is 2.08. The van der Waals surface area contributed by atoms with Crippen molar-refractivity contribution >= 4 is 22.4 Å². The van der Waals surface area contributed by atoms with Gasteiger partial charge in [0.25, 0.3) is 0 Å². The van der Waals surface area contributed by atoms with Gasteiger partial charge in [0.2, 0.25) is 4.87 Å². The molecule has 1 aliphatic rings. The monoisotopic (exact) mass is 364 g/mol. The van der Waals surface area contributed by atoms with E-state index in [1.807, 2.05) is 66.7 Å². The zero-order valence-electron chi connectivity index (χ0n) is 14.1. The molecule has 1 aliphatic heterocycles. The van der Waals surface area contributed by atoms with Gasteiger partial charge < -0.3 is 9.47 Å². The van der Waals surface area contributed by atoms with Crippen molar-refractivity contribution in [3.63, 3.8) is 0 Å². The van der Waals surface area contributed by atoms with E-state index in [1.54, 1.807) is 0 Å². The third-order valence-electron chi connectivity index (χ3n) is 4.98. The highest BCUT2D eigenvalue weighted by molar-refractivity contribution is 6.27. The van der Waals surface area contributed by atoms with E-state index in [0.29, 0.717) is 5.75 Å². The van der Waals surface area contributed by atoms with Gasteiger partial charge in [0.15, 0.2) is 0 Å². The summed E-state index contributed by atoms with van der Waals surface area (Å²) in [4.78, 5) is -1.64. The smallest absolute Gasteiger partial charge is 0.302 e. The Morgan fingerprint density at radius 2 is 1.77 bits per heavy atom. The van der Waals surface area contributed by atoms with Crippen molar-refractivity contribution in [1.29, 1.82) is 5.26 Å². The van der Waals surface area contributed by atoms with Crippen LogP contribution in [-0.2, 0) is 4.74 Å². The van der Waals surface area contributed by atoms with Crippen LogP contribution in [-0.4, -0.2) is 17.9 Å². The molecule has 1 heterocycles. The fourth-order valence-electron chi connectivity index (χ4n) is 3.63. The summed E-state index contributed by atoms with van der Waals surface area (Å²) in [6, 6.07) is 23.5. The maximum Gasteiger partial charge on any atom is 0.302 e. The molecule has 0 saturated heterocycles. The molecule has 0 fully saturated rings. The normalized spacial score (nSPS) is 27.4. The van der Waals surface area contributed by atoms with E-state index in [4.69, 9.17) is 26.8 Å². The zero-order valence-corrected chi connectivity index (χ0v) is 14.9. The number of nitrogens with zero attached hydrogens (tertiary/aromatic N) is 1. The highest BCUT2D eigenvalue weighted by Crippen LogP contribution is 2.54. The van der Waals surface area contributed by atoms with Crippen molar-refractivity contribution in [1.82, 2.24) is 0 Å². The van der Waals surface area contributed by atoms with Gasteiger partial charge in [0, 0.05) is 18.1 Å². The fraction of sp³-hybridized carbons (Fsp3) is 0.190. The van der Waals surface area contributed by atoms with Crippen molar-refractivity contribution in [2.24, 2.45) is 5.73 Å². The Morgan fingerprint density at radius 1 is 1.08 bits per heavy atom. The summed E-state index contributed by atoms with van der Waals surface area (Å²) in [5.41, 5.74) is 8.06. The van der Waals surface area contributed by atoms with Crippen LogP contribution >= 0.6 is 11.6 Å². The van der Waals surface area contributed by atoms with E-state index in [9.17, 15) is 5.26 Å². The van der Waals surface area contributed by atoms with E-state index in [0.717, 1.165) is 21.9 Å². The van der Waals surface area contributed by atoms with Crippen molar-refractivity contribution in [2.45, 2.75) is 16.7 Å². The van der Waals surface area contributed by atoms with E-state index < -0.39 is 16.7 Å². The van der Waals surface area contributed by atoms with Gasteiger partial charge in [-0.3, -0.25) is 5.73 Å². The first-order valence-electron chi connectivity index (χ1n) is 8.24. The molecule has 0 spiro atoms. The molecule has 0 bridgehead atoms. The molecule has 3 atom stereocenters. The quantitative estimate of drug-likeness (QED) is 0.548. The summed E-state index contributed by atoms with van der Waals surface area (Å²) in [6.07, 6.45) is 0. The molecule has 2 N–H and O–H groups in total. The molecular weight excluding hydrogens is 348 g/mol. The number of ether oxygens (including phenoxy) is 2. The molecule has 4 rings (SSSR count). The molecule has 3 aromatic rings. The molecule has 0 aromatic heterocycles. The summed E-state index contributed by atoms with van der Waals surface area (Å²) in [6.45, 7) is 0. The van der Waals surface area contributed by atoms with Crippen LogP contribution in [0.4, 0.5) is 0 Å². The summed E-state index contributed by atoms with van der Waals surface area (Å²) in [5, 5.41) is 11.9. The lowest BCUT2D eigenvalue weighted by Gasteiger charge is -2.47. The van der Waals surface area contributed by atoms with Crippen molar-refractivity contribution < 1.29 is 9.47 Å². The van der Waals surface area contributed by atoms with Crippen LogP contribution in [0.25, 0.3) is 10.8 Å². The number of alkyl halides is 1. The number of nitriles is 1. The molecule has 130 valence electrons. The second-order valence-corrected chi connectivity index (χ2v) is 6.94. The van der Waals surface area contributed by atoms with Crippen molar-refractivity contribution in [3.05, 3.63) is 77.9 Å². The lowest BCUT2D eigenvalue weighted by atomic mass is 9.76. The number of nitrogens with two attached hydrogens (primary N) is 1. The van der Waals surface area contributed by atoms with Crippen LogP contribution in [0.2, 0.25) is 0 Å². The minimum absolute atomic E-state index is 0.520. The molecule has 0 radical (unpaired) electrons. The van der Waals surface area contributed by atoms with Crippen LogP contribution in [0.1, 0.15) is 17.0 Å². The lowest BCUT2D eigenvalue weighted by Crippen LogP contribution is -2.66. The summed E-state index contributed by atoms with van der Waals surface area (Å²) < 4.78 is 11.5. The van der Waals surface area contributed by atoms with Crippen LogP contribution in [0.5, 0.6) is 5.75 Å². The Kier molecular flexibility index (Phi) is 3.89. The average molecular weight is 365 g/mol. The van der Waals surface area contributed by atoms with Crippen LogP contribution in [0, 0.1) is 11.3 Å². The number of benzene rings is 3. The second kappa shape index (κ2) is 6.00. The SMILES string of the molecule is COC1(N)Oc2c(ccc3ccccc23)C(c2ccccc2)C1(Cl)C#N. The average Bonchev–Trinajstić information content (AvgIpc) is 2.69. The Labute approximate surface area is 156 Å². The molecule has 3 unspecified atom stereocenters. The summed E-state index contributed by atoms with van der Waals surface area (Å²) in [5.74, 6) is -1.73. The minimum Gasteiger partial charge on any atom is -0.445 e. The number of hydrogen-bond acceptors (Lipinski definition) is 4. The van der Waals surface area contributed by atoms with Crippen LogP contribution in [0.15, 0.2) is 66.7 Å². The number of hydrogen-bond donors (Lipinski definition) is 1. The molecule has 0 amide bonds. The number of methoxy groups -OCH3 is 1. The van der Waals surface area contributed by atoms with Crippen LogP contribution in [0.3, 0.4) is 0 Å². The van der Waals surface area contributed by atoms with E-state index in [1.165, 1.54) is 7.11 Å². The number of halogens is 1. The fourth-order valence-corrected chi connectivity index (χ4v) is 3.99. The molecule has 26 heavy (non-hydrogen) atoms. The van der Waals surface area contributed by atoms with Gasteiger partial charge in [-0.1, -0.05) is 78.3 Å². The van der Waals surface area contributed by atoms with Crippen molar-refractivity contribution in [2.75, 3.05) is 7.11 Å². The largest absolute Gasteiger partial charge is 0.445 e. The number of fused-ring (bicyclic) bond motifs is 3. The topological polar surface area (TPSA) is 68.3 Å². The highest BCUT2D eigenvalue weighted by Gasteiger charge is 2.61. The van der Waals surface area contributed by atoms with E-state index >= 15 is 0 Å². The van der Waals surface area contributed by atoms with E-state index in [-0.39, 0.29) is 0 Å². The first-order valence-corrected chi connectivity index (χ1v) is 8.61. The summed E-state index contributed by atoms with van der Waals surface area (Å²) in [7, 11) is 1.40. The van der Waals surface area contributed by atoms with E-state index in [2.05, 4.69) is 6.07 Å². The third kappa shape index (κ3) is 2.22. The molecule has 0 saturated carbocycles. The van der Waals surface area contributed by atoms with Gasteiger partial charge in [0.05, 0.1) is 12.0 Å². The molecular formula is C21H17ClN2O2. The Hall–Kier alpha value is -2.58. The van der Waals surface area contributed by atoms with Gasteiger partial charge in [-0.2, -0.15) is 5.26 Å². The van der Waals surface area contributed by atoms with Gasteiger partial charge >= 0.3 is 5.91 Å². The predicted octanol–water partition coefficient (Wildman–Crippen LogP) is 4.12. The first-order chi connectivity index (χ1) is 12.5.